The SMILES string of the molecule is O=C(c1cc2sccc2n1Cc1ccccc1)N1CCN(C(c2ccccc2)c2ccccc2)CC1. The summed E-state index contributed by atoms with van der Waals surface area (Å²) in [6, 6.07) is 36.2. The maximum Gasteiger partial charge on any atom is 0.270 e. The second kappa shape index (κ2) is 10.1. The Morgan fingerprint density at radius 2 is 1.33 bits per heavy atom. The standard InChI is InChI=1S/C31H29N3OS/c35-31(28-22-29-27(16-21-36-29)34(28)23-24-10-4-1-5-11-24)33-19-17-32(18-20-33)30(25-12-6-2-7-13-25)26-14-8-3-9-15-26/h1-16,21-22,30H,17-20,23H2. The molecule has 0 radical (unpaired) electrons. The smallest absolute Gasteiger partial charge is 0.270 e. The van der Waals surface area contributed by atoms with Crippen molar-refractivity contribution in [3.05, 3.63) is 131 Å². The number of carbonyl (C=O) groups is 1. The molecule has 6 rings (SSSR count). The lowest BCUT2D eigenvalue weighted by Gasteiger charge is -2.39. The van der Waals surface area contributed by atoms with Gasteiger partial charge in [0.15, 0.2) is 0 Å². The van der Waals surface area contributed by atoms with Gasteiger partial charge in [0, 0.05) is 32.7 Å². The number of carbonyl (C=O) groups excluding carboxylic acids is 1. The van der Waals surface area contributed by atoms with Gasteiger partial charge in [-0.05, 0) is 34.2 Å². The molecule has 1 amide bonds. The number of hydrogen-bond donors (Lipinski definition) is 0. The summed E-state index contributed by atoms with van der Waals surface area (Å²) >= 11 is 1.70. The average molecular weight is 492 g/mol. The van der Waals surface area contributed by atoms with Gasteiger partial charge >= 0.3 is 0 Å². The first kappa shape index (κ1) is 22.8. The highest BCUT2D eigenvalue weighted by Crippen LogP contribution is 2.31. The first-order valence-corrected chi connectivity index (χ1v) is 13.4. The number of aromatic nitrogens is 1. The lowest BCUT2D eigenvalue weighted by Crippen LogP contribution is -2.50. The van der Waals surface area contributed by atoms with Crippen LogP contribution in [0.4, 0.5) is 0 Å². The Labute approximate surface area is 216 Å². The molecule has 1 fully saturated rings. The number of benzene rings is 3. The van der Waals surface area contributed by atoms with Crippen LogP contribution in [0.25, 0.3) is 10.2 Å². The molecular weight excluding hydrogens is 462 g/mol. The summed E-state index contributed by atoms with van der Waals surface area (Å²) in [5.74, 6) is 0.130. The second-order valence-electron chi connectivity index (χ2n) is 9.32. The molecule has 5 aromatic rings. The van der Waals surface area contributed by atoms with Crippen LogP contribution in [0.15, 0.2) is 109 Å². The zero-order chi connectivity index (χ0) is 24.3. The minimum absolute atomic E-state index is 0.130. The van der Waals surface area contributed by atoms with Crippen LogP contribution in [0.2, 0.25) is 0 Å². The van der Waals surface area contributed by atoms with Crippen LogP contribution < -0.4 is 0 Å². The molecule has 180 valence electrons. The fourth-order valence-electron chi connectivity index (χ4n) is 5.32. The van der Waals surface area contributed by atoms with Crippen LogP contribution in [0.1, 0.15) is 33.2 Å². The third kappa shape index (κ3) is 4.48. The zero-order valence-corrected chi connectivity index (χ0v) is 21.0. The van der Waals surface area contributed by atoms with Crippen molar-refractivity contribution in [2.75, 3.05) is 26.2 Å². The molecule has 2 aromatic heterocycles. The minimum Gasteiger partial charge on any atom is -0.335 e. The molecule has 1 aliphatic heterocycles. The zero-order valence-electron chi connectivity index (χ0n) is 20.2. The van der Waals surface area contributed by atoms with E-state index in [4.69, 9.17) is 0 Å². The lowest BCUT2D eigenvalue weighted by molar-refractivity contribution is 0.0588. The molecule has 1 saturated heterocycles. The largest absolute Gasteiger partial charge is 0.335 e. The van der Waals surface area contributed by atoms with Crippen molar-refractivity contribution in [2.45, 2.75) is 12.6 Å². The van der Waals surface area contributed by atoms with Crippen molar-refractivity contribution in [2.24, 2.45) is 0 Å². The van der Waals surface area contributed by atoms with E-state index < -0.39 is 0 Å². The molecule has 0 atom stereocenters. The predicted molar refractivity (Wildman–Crippen MR) is 148 cm³/mol. The molecule has 0 spiro atoms. The number of fused-ring (bicyclic) bond motifs is 1. The van der Waals surface area contributed by atoms with E-state index in [1.807, 2.05) is 11.0 Å². The van der Waals surface area contributed by atoms with Gasteiger partial charge in [-0.25, -0.2) is 0 Å². The van der Waals surface area contributed by atoms with Crippen molar-refractivity contribution in [1.82, 2.24) is 14.4 Å². The third-order valence-corrected chi connectivity index (χ3v) is 7.98. The average Bonchev–Trinajstić information content (AvgIpc) is 3.53. The van der Waals surface area contributed by atoms with E-state index in [1.165, 1.54) is 21.4 Å². The van der Waals surface area contributed by atoms with E-state index in [9.17, 15) is 4.79 Å². The van der Waals surface area contributed by atoms with Crippen LogP contribution in [0, 0.1) is 0 Å². The summed E-state index contributed by atoms with van der Waals surface area (Å²) in [6.07, 6.45) is 0. The molecular formula is C31H29N3OS. The fraction of sp³-hybridized carbons (Fsp3) is 0.194. The molecule has 3 heterocycles. The van der Waals surface area contributed by atoms with Crippen molar-refractivity contribution in [3.63, 3.8) is 0 Å². The highest BCUT2D eigenvalue weighted by molar-refractivity contribution is 7.17. The minimum atomic E-state index is 0.130. The van der Waals surface area contributed by atoms with E-state index in [-0.39, 0.29) is 11.9 Å². The van der Waals surface area contributed by atoms with Crippen molar-refractivity contribution in [1.29, 1.82) is 0 Å². The fourth-order valence-corrected chi connectivity index (χ4v) is 6.14. The van der Waals surface area contributed by atoms with Gasteiger partial charge in [-0.3, -0.25) is 9.69 Å². The van der Waals surface area contributed by atoms with Crippen LogP contribution in [-0.4, -0.2) is 46.5 Å². The lowest BCUT2D eigenvalue weighted by atomic mass is 9.96. The van der Waals surface area contributed by atoms with Gasteiger partial charge in [0.2, 0.25) is 0 Å². The van der Waals surface area contributed by atoms with E-state index in [1.54, 1.807) is 11.3 Å². The van der Waals surface area contributed by atoms with Crippen molar-refractivity contribution < 1.29 is 4.79 Å². The Morgan fingerprint density at radius 1 is 0.750 bits per heavy atom. The first-order chi connectivity index (χ1) is 17.8. The molecule has 3 aromatic carbocycles. The maximum absolute atomic E-state index is 13.8. The van der Waals surface area contributed by atoms with Crippen LogP contribution >= 0.6 is 11.3 Å². The topological polar surface area (TPSA) is 28.5 Å². The van der Waals surface area contributed by atoms with Gasteiger partial charge in [-0.15, -0.1) is 11.3 Å². The highest BCUT2D eigenvalue weighted by Gasteiger charge is 2.30. The van der Waals surface area contributed by atoms with Crippen molar-refractivity contribution in [3.8, 4) is 0 Å². The van der Waals surface area contributed by atoms with Crippen LogP contribution in [0.5, 0.6) is 0 Å². The Morgan fingerprint density at radius 3 is 1.94 bits per heavy atom. The van der Waals surface area contributed by atoms with Gasteiger partial charge < -0.3 is 9.47 Å². The van der Waals surface area contributed by atoms with Gasteiger partial charge in [-0.2, -0.15) is 0 Å². The van der Waals surface area contributed by atoms with E-state index in [2.05, 4.69) is 112 Å². The summed E-state index contributed by atoms with van der Waals surface area (Å²) in [4.78, 5) is 18.3. The summed E-state index contributed by atoms with van der Waals surface area (Å²) in [5, 5.41) is 2.10. The molecule has 5 heteroatoms. The van der Waals surface area contributed by atoms with E-state index in [0.717, 1.165) is 37.4 Å². The number of amides is 1. The van der Waals surface area contributed by atoms with Crippen LogP contribution in [-0.2, 0) is 6.54 Å². The maximum atomic E-state index is 13.8. The highest BCUT2D eigenvalue weighted by atomic mass is 32.1. The van der Waals surface area contributed by atoms with Gasteiger partial charge in [0.1, 0.15) is 5.69 Å². The first-order valence-electron chi connectivity index (χ1n) is 12.5. The van der Waals surface area contributed by atoms with Crippen molar-refractivity contribution >= 4 is 27.5 Å². The Kier molecular flexibility index (Phi) is 6.41. The molecule has 0 unspecified atom stereocenters. The van der Waals surface area contributed by atoms with Crippen LogP contribution in [0.3, 0.4) is 0 Å². The molecule has 0 N–H and O–H groups in total. The van der Waals surface area contributed by atoms with Gasteiger partial charge in [-0.1, -0.05) is 91.0 Å². The molecule has 0 aliphatic carbocycles. The number of nitrogens with zero attached hydrogens (tertiary/aromatic N) is 3. The quantitative estimate of drug-likeness (QED) is 0.279. The molecule has 4 nitrogen and oxygen atoms in total. The van der Waals surface area contributed by atoms with Gasteiger partial charge in [0.05, 0.1) is 16.3 Å². The Bertz CT molecular complexity index is 1400. The number of thiophene rings is 1. The van der Waals surface area contributed by atoms with E-state index in [0.29, 0.717) is 6.54 Å². The second-order valence-corrected chi connectivity index (χ2v) is 10.3. The Hall–Kier alpha value is -3.67. The molecule has 0 saturated carbocycles. The number of hydrogen-bond acceptors (Lipinski definition) is 3. The van der Waals surface area contributed by atoms with Gasteiger partial charge in [0.25, 0.3) is 5.91 Å². The number of piperazine rings is 1. The summed E-state index contributed by atoms with van der Waals surface area (Å²) in [7, 11) is 0. The van der Waals surface area contributed by atoms with E-state index >= 15 is 0 Å². The third-order valence-electron chi connectivity index (χ3n) is 7.12. The normalized spacial score (nSPS) is 14.5. The summed E-state index contributed by atoms with van der Waals surface area (Å²) in [6.45, 7) is 3.83. The Balaban J connectivity index is 1.23. The summed E-state index contributed by atoms with van der Waals surface area (Å²) < 4.78 is 3.35. The monoisotopic (exact) mass is 491 g/mol. The molecule has 1 aliphatic rings. The molecule has 36 heavy (non-hydrogen) atoms. The summed E-state index contributed by atoms with van der Waals surface area (Å²) in [5.41, 5.74) is 5.71. The number of rotatable bonds is 6. The predicted octanol–water partition coefficient (Wildman–Crippen LogP) is 6.30. The molecule has 0 bridgehead atoms.